The Balaban J connectivity index is 2.27. The van der Waals surface area contributed by atoms with Gasteiger partial charge in [-0.25, -0.2) is 0 Å². The van der Waals surface area contributed by atoms with E-state index in [1.54, 1.807) is 0 Å². The van der Waals surface area contributed by atoms with E-state index < -0.39 is 0 Å². The van der Waals surface area contributed by atoms with Gasteiger partial charge in [-0.2, -0.15) is 0 Å². The van der Waals surface area contributed by atoms with Gasteiger partial charge in [-0.1, -0.05) is 38.8 Å². The maximum absolute atomic E-state index is 3.46. The smallest absolute Gasteiger partial charge is 0.0250 e. The zero-order valence-corrected chi connectivity index (χ0v) is 8.97. The third-order valence-electron chi connectivity index (χ3n) is 2.60. The first-order valence-corrected chi connectivity index (χ1v) is 5.59. The molecule has 0 N–H and O–H groups in total. The normalized spacial score (nSPS) is 23.5. The minimum absolute atomic E-state index is 0.868. The Morgan fingerprint density at radius 2 is 2.38 bits per heavy atom. The Morgan fingerprint density at radius 1 is 1.54 bits per heavy atom. The fraction of sp³-hybridized carbons (Fsp3) is 0.692. The monoisotopic (exact) mass is 177 g/mol. The SMILES string of the molecule is CCCCC=CC1=[C]CCC(C)C1. The van der Waals surface area contributed by atoms with Crippen LogP contribution in [-0.4, -0.2) is 0 Å². The van der Waals surface area contributed by atoms with Gasteiger partial charge in [0.05, 0.1) is 0 Å². The quantitative estimate of drug-likeness (QED) is 0.562. The molecule has 0 nitrogen and oxygen atoms in total. The van der Waals surface area contributed by atoms with Crippen molar-refractivity contribution in [2.75, 3.05) is 0 Å². The Hall–Kier alpha value is -0.520. The topological polar surface area (TPSA) is 0 Å². The first-order chi connectivity index (χ1) is 6.33. The van der Waals surface area contributed by atoms with Crippen molar-refractivity contribution in [2.24, 2.45) is 5.92 Å². The van der Waals surface area contributed by atoms with Crippen LogP contribution in [0, 0.1) is 12.0 Å². The van der Waals surface area contributed by atoms with Gasteiger partial charge in [-0.15, -0.1) is 0 Å². The van der Waals surface area contributed by atoms with Crippen LogP contribution in [0.2, 0.25) is 0 Å². The largest absolute Gasteiger partial charge is 0.0843 e. The number of hydrogen-bond acceptors (Lipinski definition) is 0. The number of allylic oxidation sites excluding steroid dienone is 4. The molecule has 0 aromatic heterocycles. The van der Waals surface area contributed by atoms with Crippen molar-refractivity contribution in [3.8, 4) is 0 Å². The summed E-state index contributed by atoms with van der Waals surface area (Å²) in [5, 5.41) is 0. The predicted octanol–water partition coefficient (Wildman–Crippen LogP) is 4.28. The summed E-state index contributed by atoms with van der Waals surface area (Å²) >= 11 is 0. The third-order valence-corrected chi connectivity index (χ3v) is 2.60. The molecule has 13 heavy (non-hydrogen) atoms. The number of hydrogen-bond donors (Lipinski definition) is 0. The fourth-order valence-corrected chi connectivity index (χ4v) is 1.70. The third kappa shape index (κ3) is 4.31. The lowest BCUT2D eigenvalue weighted by Crippen LogP contribution is -2.01. The molecule has 0 aromatic carbocycles. The van der Waals surface area contributed by atoms with Crippen LogP contribution in [-0.2, 0) is 0 Å². The fourth-order valence-electron chi connectivity index (χ4n) is 1.70. The molecule has 73 valence electrons. The van der Waals surface area contributed by atoms with Gasteiger partial charge in [0.1, 0.15) is 0 Å². The number of rotatable bonds is 4. The van der Waals surface area contributed by atoms with Crippen molar-refractivity contribution in [2.45, 2.75) is 52.4 Å². The van der Waals surface area contributed by atoms with Gasteiger partial charge in [0.25, 0.3) is 0 Å². The lowest BCUT2D eigenvalue weighted by atomic mass is 9.90. The molecule has 1 aliphatic carbocycles. The molecule has 1 unspecified atom stereocenters. The van der Waals surface area contributed by atoms with Gasteiger partial charge in [-0.3, -0.25) is 0 Å². The molecule has 0 saturated heterocycles. The van der Waals surface area contributed by atoms with Crippen molar-refractivity contribution >= 4 is 0 Å². The van der Waals surface area contributed by atoms with E-state index >= 15 is 0 Å². The van der Waals surface area contributed by atoms with Crippen LogP contribution in [0.4, 0.5) is 0 Å². The maximum Gasteiger partial charge on any atom is -0.0250 e. The zero-order valence-electron chi connectivity index (χ0n) is 8.97. The molecule has 0 heterocycles. The Kier molecular flexibility index (Phi) is 4.88. The summed E-state index contributed by atoms with van der Waals surface area (Å²) in [4.78, 5) is 0. The first-order valence-electron chi connectivity index (χ1n) is 5.59. The highest BCUT2D eigenvalue weighted by Crippen LogP contribution is 2.23. The Bertz CT molecular complexity index is 186. The standard InChI is InChI=1S/C13H21/c1-3-4-5-6-9-13-10-7-8-12(2)11-13/h6,9,12H,3-5,7-8,11H2,1-2H3. The van der Waals surface area contributed by atoms with Crippen LogP contribution in [0.1, 0.15) is 52.4 Å². The minimum atomic E-state index is 0.868. The highest BCUT2D eigenvalue weighted by molar-refractivity contribution is 5.17. The van der Waals surface area contributed by atoms with Crippen LogP contribution < -0.4 is 0 Å². The molecule has 0 bridgehead atoms. The maximum atomic E-state index is 3.46. The Morgan fingerprint density at radius 3 is 3.08 bits per heavy atom. The van der Waals surface area contributed by atoms with E-state index in [4.69, 9.17) is 0 Å². The molecular weight excluding hydrogens is 156 g/mol. The lowest BCUT2D eigenvalue weighted by Gasteiger charge is -2.15. The molecule has 1 atom stereocenters. The van der Waals surface area contributed by atoms with Gasteiger partial charge < -0.3 is 0 Å². The molecule has 0 aromatic rings. The van der Waals surface area contributed by atoms with E-state index in [-0.39, 0.29) is 0 Å². The van der Waals surface area contributed by atoms with Crippen LogP contribution in [0.3, 0.4) is 0 Å². The molecule has 0 heteroatoms. The summed E-state index contributed by atoms with van der Waals surface area (Å²) in [7, 11) is 0. The molecular formula is C13H21. The summed E-state index contributed by atoms with van der Waals surface area (Å²) in [6, 6.07) is 0. The van der Waals surface area contributed by atoms with Crippen LogP contribution in [0.25, 0.3) is 0 Å². The van der Waals surface area contributed by atoms with E-state index in [0.717, 1.165) is 12.3 Å². The summed E-state index contributed by atoms with van der Waals surface area (Å²) in [6.07, 6.45) is 15.6. The average Bonchev–Trinajstić information content (AvgIpc) is 2.13. The summed E-state index contributed by atoms with van der Waals surface area (Å²) in [6.45, 7) is 4.57. The molecule has 0 saturated carbocycles. The van der Waals surface area contributed by atoms with Gasteiger partial charge in [0, 0.05) is 0 Å². The molecule has 1 radical (unpaired) electrons. The minimum Gasteiger partial charge on any atom is -0.0843 e. The van der Waals surface area contributed by atoms with Gasteiger partial charge in [0.2, 0.25) is 0 Å². The van der Waals surface area contributed by atoms with E-state index in [0.29, 0.717) is 0 Å². The highest BCUT2D eigenvalue weighted by atomic mass is 14.1. The average molecular weight is 177 g/mol. The van der Waals surface area contributed by atoms with Crippen LogP contribution in [0.15, 0.2) is 17.7 Å². The summed E-state index contributed by atoms with van der Waals surface area (Å²) in [5.74, 6) is 0.868. The summed E-state index contributed by atoms with van der Waals surface area (Å²) < 4.78 is 0. The van der Waals surface area contributed by atoms with E-state index in [2.05, 4.69) is 32.1 Å². The second kappa shape index (κ2) is 6.01. The molecule has 1 aliphatic rings. The second-order valence-corrected chi connectivity index (χ2v) is 4.09. The van der Waals surface area contributed by atoms with E-state index in [9.17, 15) is 0 Å². The number of unbranched alkanes of at least 4 members (excludes halogenated alkanes) is 2. The zero-order chi connectivity index (χ0) is 9.52. The molecule has 0 fully saturated rings. The van der Waals surface area contributed by atoms with Gasteiger partial charge in [0.15, 0.2) is 0 Å². The van der Waals surface area contributed by atoms with E-state index in [1.165, 1.54) is 37.7 Å². The van der Waals surface area contributed by atoms with Crippen LogP contribution in [0.5, 0.6) is 0 Å². The van der Waals surface area contributed by atoms with Crippen molar-refractivity contribution < 1.29 is 0 Å². The van der Waals surface area contributed by atoms with E-state index in [1.807, 2.05) is 0 Å². The molecule has 0 spiro atoms. The molecule has 0 amide bonds. The van der Waals surface area contributed by atoms with Gasteiger partial charge >= 0.3 is 0 Å². The van der Waals surface area contributed by atoms with Gasteiger partial charge in [-0.05, 0) is 43.3 Å². The predicted molar refractivity (Wildman–Crippen MR) is 58.4 cm³/mol. The first kappa shape index (κ1) is 10.6. The molecule has 0 aliphatic heterocycles. The molecule has 1 rings (SSSR count). The van der Waals surface area contributed by atoms with Crippen molar-refractivity contribution in [1.82, 2.24) is 0 Å². The Labute approximate surface area is 82.7 Å². The second-order valence-electron chi connectivity index (χ2n) is 4.09. The summed E-state index contributed by atoms with van der Waals surface area (Å²) in [5.41, 5.74) is 1.44. The van der Waals surface area contributed by atoms with Crippen LogP contribution >= 0.6 is 0 Å². The lowest BCUT2D eigenvalue weighted by molar-refractivity contribution is 0.509. The van der Waals surface area contributed by atoms with Crippen molar-refractivity contribution in [1.29, 1.82) is 0 Å². The highest BCUT2D eigenvalue weighted by Gasteiger charge is 2.08. The van der Waals surface area contributed by atoms with Crippen molar-refractivity contribution in [3.05, 3.63) is 23.8 Å². The van der Waals surface area contributed by atoms with Crippen molar-refractivity contribution in [3.63, 3.8) is 0 Å².